The molecule has 0 saturated heterocycles. The van der Waals surface area contributed by atoms with Crippen LogP contribution >= 0.6 is 11.6 Å². The minimum Gasteiger partial charge on any atom is -0.354 e. The first-order chi connectivity index (χ1) is 14.5. The third-order valence-electron chi connectivity index (χ3n) is 4.76. The first-order valence-electron chi connectivity index (χ1n) is 9.69. The molecule has 0 atom stereocenters. The zero-order valence-corrected chi connectivity index (χ0v) is 17.1. The van der Waals surface area contributed by atoms with E-state index in [9.17, 15) is 19.2 Å². The van der Waals surface area contributed by atoms with Gasteiger partial charge in [0.1, 0.15) is 0 Å². The number of carbonyl (C=O) groups excluding carboxylic acids is 4. The van der Waals surface area contributed by atoms with E-state index in [0.717, 1.165) is 10.5 Å². The molecule has 30 heavy (non-hydrogen) atoms. The van der Waals surface area contributed by atoms with Crippen LogP contribution in [0.2, 0.25) is 5.02 Å². The van der Waals surface area contributed by atoms with Gasteiger partial charge in [-0.05, 0) is 36.2 Å². The highest BCUT2D eigenvalue weighted by Gasteiger charge is 2.34. The van der Waals surface area contributed by atoms with Gasteiger partial charge in [-0.15, -0.1) is 0 Å². The molecular weight excluding hydrogens is 406 g/mol. The van der Waals surface area contributed by atoms with Gasteiger partial charge in [0.25, 0.3) is 11.8 Å². The van der Waals surface area contributed by atoms with Gasteiger partial charge in [-0.3, -0.25) is 24.1 Å². The maximum Gasteiger partial charge on any atom is 0.261 e. The monoisotopic (exact) mass is 427 g/mol. The molecule has 7 nitrogen and oxygen atoms in total. The number of fused-ring (bicyclic) bond motifs is 1. The van der Waals surface area contributed by atoms with Crippen LogP contribution in [0.3, 0.4) is 0 Å². The number of amides is 4. The first-order valence-corrected chi connectivity index (χ1v) is 10.1. The normalized spacial score (nSPS) is 12.6. The van der Waals surface area contributed by atoms with Crippen molar-refractivity contribution in [3.8, 4) is 0 Å². The van der Waals surface area contributed by atoms with E-state index in [2.05, 4.69) is 10.6 Å². The van der Waals surface area contributed by atoms with Crippen LogP contribution in [0.1, 0.15) is 39.1 Å². The Bertz CT molecular complexity index is 924. The Labute approximate surface area is 179 Å². The second-order valence-electron chi connectivity index (χ2n) is 6.88. The topological polar surface area (TPSA) is 95.6 Å². The molecule has 3 rings (SSSR count). The molecule has 1 aliphatic heterocycles. The quantitative estimate of drug-likeness (QED) is 0.473. The molecule has 156 valence electrons. The highest BCUT2D eigenvalue weighted by molar-refractivity contribution is 6.30. The Kier molecular flexibility index (Phi) is 7.19. The summed E-state index contributed by atoms with van der Waals surface area (Å²) in [6.07, 6.45) is 0.959. The Hall–Kier alpha value is -3.19. The van der Waals surface area contributed by atoms with Crippen LogP contribution in [-0.4, -0.2) is 48.2 Å². The fourth-order valence-corrected chi connectivity index (χ4v) is 3.27. The molecule has 8 heteroatoms. The summed E-state index contributed by atoms with van der Waals surface area (Å²) in [7, 11) is 0. The lowest BCUT2D eigenvalue weighted by Crippen LogP contribution is -2.37. The summed E-state index contributed by atoms with van der Waals surface area (Å²) in [4.78, 5) is 49.5. The van der Waals surface area contributed by atoms with E-state index in [1.54, 1.807) is 36.4 Å². The number of nitrogens with zero attached hydrogens (tertiary/aromatic N) is 1. The lowest BCUT2D eigenvalue weighted by atomic mass is 10.1. The summed E-state index contributed by atoms with van der Waals surface area (Å²) in [5.41, 5.74) is 1.75. The molecule has 0 fully saturated rings. The van der Waals surface area contributed by atoms with Gasteiger partial charge in [-0.1, -0.05) is 35.9 Å². The smallest absolute Gasteiger partial charge is 0.261 e. The van der Waals surface area contributed by atoms with E-state index in [4.69, 9.17) is 11.6 Å². The molecule has 2 aromatic rings. The standard InChI is InChI=1S/C22H22ClN3O4/c23-16-8-5-15(6-9-16)7-10-19(27)24-12-13-25-20(28)11-14-26-21(29)17-3-1-2-4-18(17)22(26)30/h1-6,8-9H,7,10-14H2,(H,24,27)(H,25,28). The van der Waals surface area contributed by atoms with Crippen molar-refractivity contribution in [1.29, 1.82) is 0 Å². The molecule has 0 bridgehead atoms. The third-order valence-corrected chi connectivity index (χ3v) is 5.02. The second-order valence-corrected chi connectivity index (χ2v) is 7.32. The summed E-state index contributed by atoms with van der Waals surface area (Å²) in [6, 6.07) is 13.9. The molecule has 0 aliphatic carbocycles. The van der Waals surface area contributed by atoms with E-state index in [-0.39, 0.29) is 43.1 Å². The molecule has 0 radical (unpaired) electrons. The lowest BCUT2D eigenvalue weighted by Gasteiger charge is -2.13. The van der Waals surface area contributed by atoms with Crippen LogP contribution in [0.4, 0.5) is 0 Å². The summed E-state index contributed by atoms with van der Waals surface area (Å²) in [5.74, 6) is -1.15. The van der Waals surface area contributed by atoms with Crippen LogP contribution < -0.4 is 10.6 Å². The van der Waals surface area contributed by atoms with E-state index < -0.39 is 0 Å². The van der Waals surface area contributed by atoms with Crippen molar-refractivity contribution in [2.24, 2.45) is 0 Å². The summed E-state index contributed by atoms with van der Waals surface area (Å²) in [5, 5.41) is 6.07. The van der Waals surface area contributed by atoms with E-state index in [0.29, 0.717) is 35.5 Å². The average Bonchev–Trinajstić information content (AvgIpc) is 2.99. The van der Waals surface area contributed by atoms with Gasteiger partial charge in [0.05, 0.1) is 11.1 Å². The molecule has 0 saturated carbocycles. The highest BCUT2D eigenvalue weighted by Crippen LogP contribution is 2.22. The summed E-state index contributed by atoms with van der Waals surface area (Å²) < 4.78 is 0. The number of hydrogen-bond acceptors (Lipinski definition) is 4. The molecule has 2 N–H and O–H groups in total. The predicted octanol–water partition coefficient (Wildman–Crippen LogP) is 2.19. The largest absolute Gasteiger partial charge is 0.354 e. The zero-order chi connectivity index (χ0) is 21.5. The Morgan fingerprint density at radius 2 is 1.33 bits per heavy atom. The number of imide groups is 1. The number of nitrogens with one attached hydrogen (secondary N) is 2. The molecule has 2 aromatic carbocycles. The zero-order valence-electron chi connectivity index (χ0n) is 16.3. The Morgan fingerprint density at radius 1 is 0.800 bits per heavy atom. The van der Waals surface area contributed by atoms with Crippen molar-refractivity contribution >= 4 is 35.2 Å². The second kappa shape index (κ2) is 10.0. The van der Waals surface area contributed by atoms with Crippen molar-refractivity contribution < 1.29 is 19.2 Å². The number of rotatable bonds is 9. The SMILES string of the molecule is O=C(CCc1ccc(Cl)cc1)NCCNC(=O)CCN1C(=O)c2ccccc2C1=O. The van der Waals surface area contributed by atoms with E-state index in [1.165, 1.54) is 0 Å². The molecule has 0 aromatic heterocycles. The minimum absolute atomic E-state index is 0.00990. The van der Waals surface area contributed by atoms with Gasteiger partial charge in [0.15, 0.2) is 0 Å². The molecule has 4 amide bonds. The molecule has 1 heterocycles. The highest BCUT2D eigenvalue weighted by atomic mass is 35.5. The molecule has 0 unspecified atom stereocenters. The number of carbonyl (C=O) groups is 4. The van der Waals surface area contributed by atoms with Gasteiger partial charge >= 0.3 is 0 Å². The van der Waals surface area contributed by atoms with Crippen LogP contribution in [0.15, 0.2) is 48.5 Å². The van der Waals surface area contributed by atoms with Gasteiger partial charge in [0, 0.05) is 37.5 Å². The maximum absolute atomic E-state index is 12.3. The first kappa shape index (κ1) is 21.5. The number of halogens is 1. The van der Waals surface area contributed by atoms with Gasteiger partial charge in [-0.2, -0.15) is 0 Å². The number of benzene rings is 2. The predicted molar refractivity (Wildman–Crippen MR) is 112 cm³/mol. The van der Waals surface area contributed by atoms with Crippen molar-refractivity contribution in [1.82, 2.24) is 15.5 Å². The van der Waals surface area contributed by atoms with E-state index in [1.807, 2.05) is 12.1 Å². The van der Waals surface area contributed by atoms with Gasteiger partial charge < -0.3 is 10.6 Å². The number of aryl methyl sites for hydroxylation is 1. The van der Waals surface area contributed by atoms with Gasteiger partial charge in [0.2, 0.25) is 11.8 Å². The number of hydrogen-bond donors (Lipinski definition) is 2. The van der Waals surface area contributed by atoms with Crippen molar-refractivity contribution in [2.75, 3.05) is 19.6 Å². The average molecular weight is 428 g/mol. The summed E-state index contributed by atoms with van der Waals surface area (Å²) >= 11 is 5.83. The minimum atomic E-state index is -0.378. The van der Waals surface area contributed by atoms with Crippen molar-refractivity contribution in [3.05, 3.63) is 70.2 Å². The third kappa shape index (κ3) is 5.45. The Morgan fingerprint density at radius 3 is 1.90 bits per heavy atom. The van der Waals surface area contributed by atoms with Crippen LogP contribution in [0.5, 0.6) is 0 Å². The van der Waals surface area contributed by atoms with Crippen LogP contribution in [-0.2, 0) is 16.0 Å². The van der Waals surface area contributed by atoms with Crippen LogP contribution in [0.25, 0.3) is 0 Å². The Balaban J connectivity index is 1.31. The lowest BCUT2D eigenvalue weighted by molar-refractivity contribution is -0.123. The maximum atomic E-state index is 12.3. The van der Waals surface area contributed by atoms with Crippen LogP contribution in [0, 0.1) is 0 Å². The molecular formula is C22H22ClN3O4. The fraction of sp³-hybridized carbons (Fsp3) is 0.273. The van der Waals surface area contributed by atoms with E-state index >= 15 is 0 Å². The van der Waals surface area contributed by atoms with Gasteiger partial charge in [-0.25, -0.2) is 0 Å². The molecule has 0 spiro atoms. The van der Waals surface area contributed by atoms with Crippen molar-refractivity contribution in [3.63, 3.8) is 0 Å². The fourth-order valence-electron chi connectivity index (χ4n) is 3.15. The molecule has 1 aliphatic rings. The summed E-state index contributed by atoms with van der Waals surface area (Å²) in [6.45, 7) is 0.595. The van der Waals surface area contributed by atoms with Crippen molar-refractivity contribution in [2.45, 2.75) is 19.3 Å².